The van der Waals surface area contributed by atoms with Gasteiger partial charge in [-0.25, -0.2) is 0 Å². The predicted molar refractivity (Wildman–Crippen MR) is 79.7 cm³/mol. The van der Waals surface area contributed by atoms with E-state index in [4.69, 9.17) is 4.42 Å². The van der Waals surface area contributed by atoms with Crippen molar-refractivity contribution >= 4 is 0 Å². The summed E-state index contributed by atoms with van der Waals surface area (Å²) in [5.74, 6) is 2.09. The van der Waals surface area contributed by atoms with Gasteiger partial charge >= 0.3 is 0 Å². The molecule has 4 nitrogen and oxygen atoms in total. The number of hydrogen-bond donors (Lipinski definition) is 1. The SMILES string of the molecule is CCC(C)C(c1ccccc1)c1nnc(CCNC)o1. The van der Waals surface area contributed by atoms with Crippen LogP contribution in [0.1, 0.15) is 43.5 Å². The van der Waals surface area contributed by atoms with E-state index >= 15 is 0 Å². The molecule has 0 spiro atoms. The lowest BCUT2D eigenvalue weighted by molar-refractivity contribution is 0.375. The molecule has 2 aromatic rings. The summed E-state index contributed by atoms with van der Waals surface area (Å²) >= 11 is 0. The maximum Gasteiger partial charge on any atom is 0.224 e. The van der Waals surface area contributed by atoms with Crippen LogP contribution < -0.4 is 5.32 Å². The van der Waals surface area contributed by atoms with Crippen molar-refractivity contribution < 1.29 is 4.42 Å². The fourth-order valence-corrected chi connectivity index (χ4v) is 2.34. The topological polar surface area (TPSA) is 51.0 Å². The molecule has 0 bridgehead atoms. The minimum atomic E-state index is 0.178. The Balaban J connectivity index is 2.25. The first-order chi connectivity index (χ1) is 9.76. The van der Waals surface area contributed by atoms with Crippen LogP contribution in [0, 0.1) is 5.92 Å². The summed E-state index contributed by atoms with van der Waals surface area (Å²) in [6.07, 6.45) is 1.85. The molecule has 4 heteroatoms. The number of hydrogen-bond acceptors (Lipinski definition) is 4. The molecule has 0 saturated carbocycles. The molecule has 0 saturated heterocycles. The van der Waals surface area contributed by atoms with Gasteiger partial charge in [-0.3, -0.25) is 0 Å². The first kappa shape index (κ1) is 14.7. The highest BCUT2D eigenvalue weighted by Gasteiger charge is 2.25. The average Bonchev–Trinajstić information content (AvgIpc) is 2.94. The van der Waals surface area contributed by atoms with E-state index in [0.29, 0.717) is 11.8 Å². The number of benzene rings is 1. The molecule has 0 radical (unpaired) electrons. The highest BCUT2D eigenvalue weighted by molar-refractivity contribution is 5.25. The van der Waals surface area contributed by atoms with Gasteiger partial charge in [0.2, 0.25) is 11.8 Å². The van der Waals surface area contributed by atoms with Crippen LogP contribution in [-0.4, -0.2) is 23.8 Å². The number of nitrogens with one attached hydrogen (secondary N) is 1. The van der Waals surface area contributed by atoms with E-state index in [-0.39, 0.29) is 5.92 Å². The third-order valence-corrected chi connectivity index (χ3v) is 3.71. The molecule has 2 unspecified atom stereocenters. The van der Waals surface area contributed by atoms with Gasteiger partial charge in [-0.05, 0) is 18.5 Å². The van der Waals surface area contributed by atoms with E-state index < -0.39 is 0 Å². The molecule has 108 valence electrons. The average molecular weight is 273 g/mol. The normalized spacial score (nSPS) is 14.2. The van der Waals surface area contributed by atoms with Crippen LogP contribution in [-0.2, 0) is 6.42 Å². The second-order valence-electron chi connectivity index (χ2n) is 5.16. The van der Waals surface area contributed by atoms with Crippen molar-refractivity contribution in [2.24, 2.45) is 5.92 Å². The second kappa shape index (κ2) is 7.20. The summed E-state index contributed by atoms with van der Waals surface area (Å²) in [4.78, 5) is 0. The van der Waals surface area contributed by atoms with E-state index in [1.807, 2.05) is 13.1 Å². The Kier molecular flexibility index (Phi) is 5.30. The number of likely N-dealkylation sites (N-methyl/N-ethyl adjacent to an activating group) is 1. The Labute approximate surface area is 120 Å². The maximum atomic E-state index is 5.86. The maximum absolute atomic E-state index is 5.86. The van der Waals surface area contributed by atoms with Crippen molar-refractivity contribution in [2.75, 3.05) is 13.6 Å². The lowest BCUT2D eigenvalue weighted by atomic mass is 9.85. The van der Waals surface area contributed by atoms with E-state index in [0.717, 1.165) is 25.3 Å². The first-order valence-electron chi connectivity index (χ1n) is 7.28. The molecule has 1 aromatic carbocycles. The number of nitrogens with zero attached hydrogens (tertiary/aromatic N) is 2. The van der Waals surface area contributed by atoms with Gasteiger partial charge in [-0.15, -0.1) is 10.2 Å². The summed E-state index contributed by atoms with van der Waals surface area (Å²) in [6, 6.07) is 10.4. The third kappa shape index (κ3) is 3.45. The zero-order valence-electron chi connectivity index (χ0n) is 12.5. The van der Waals surface area contributed by atoms with Crippen LogP contribution in [0.2, 0.25) is 0 Å². The summed E-state index contributed by atoms with van der Waals surface area (Å²) < 4.78 is 5.86. The highest BCUT2D eigenvalue weighted by Crippen LogP contribution is 2.32. The fourth-order valence-electron chi connectivity index (χ4n) is 2.34. The summed E-state index contributed by atoms with van der Waals surface area (Å²) in [6.45, 7) is 5.27. The smallest absolute Gasteiger partial charge is 0.224 e. The minimum absolute atomic E-state index is 0.178. The lowest BCUT2D eigenvalue weighted by Crippen LogP contribution is -2.11. The van der Waals surface area contributed by atoms with Gasteiger partial charge in [0, 0.05) is 13.0 Å². The monoisotopic (exact) mass is 273 g/mol. The molecule has 0 aliphatic rings. The van der Waals surface area contributed by atoms with Gasteiger partial charge in [0.05, 0.1) is 5.92 Å². The minimum Gasteiger partial charge on any atom is -0.425 e. The Morgan fingerprint density at radius 2 is 1.95 bits per heavy atom. The van der Waals surface area contributed by atoms with Gasteiger partial charge in [0.15, 0.2) is 0 Å². The summed E-state index contributed by atoms with van der Waals surface area (Å²) in [7, 11) is 1.92. The number of rotatable bonds is 7. The third-order valence-electron chi connectivity index (χ3n) is 3.71. The van der Waals surface area contributed by atoms with Crippen molar-refractivity contribution in [1.29, 1.82) is 0 Å². The van der Waals surface area contributed by atoms with Crippen molar-refractivity contribution in [2.45, 2.75) is 32.6 Å². The zero-order chi connectivity index (χ0) is 14.4. The van der Waals surface area contributed by atoms with E-state index in [9.17, 15) is 0 Å². The van der Waals surface area contributed by atoms with Crippen LogP contribution in [0.4, 0.5) is 0 Å². The number of aromatic nitrogens is 2. The Bertz CT molecular complexity index is 509. The molecule has 20 heavy (non-hydrogen) atoms. The second-order valence-corrected chi connectivity index (χ2v) is 5.16. The zero-order valence-corrected chi connectivity index (χ0v) is 12.5. The molecule has 0 aliphatic heterocycles. The van der Waals surface area contributed by atoms with Crippen molar-refractivity contribution in [1.82, 2.24) is 15.5 Å². The fraction of sp³-hybridized carbons (Fsp3) is 0.500. The predicted octanol–water partition coefficient (Wildman–Crippen LogP) is 3.01. The van der Waals surface area contributed by atoms with Gasteiger partial charge in [0.25, 0.3) is 0 Å². The molecule has 2 atom stereocenters. The quantitative estimate of drug-likeness (QED) is 0.842. The van der Waals surface area contributed by atoms with Crippen LogP contribution >= 0.6 is 0 Å². The van der Waals surface area contributed by atoms with E-state index in [1.165, 1.54) is 5.56 Å². The Morgan fingerprint density at radius 3 is 2.60 bits per heavy atom. The van der Waals surface area contributed by atoms with Crippen LogP contribution in [0.5, 0.6) is 0 Å². The molecule has 1 aromatic heterocycles. The van der Waals surface area contributed by atoms with Gasteiger partial charge in [0.1, 0.15) is 0 Å². The largest absolute Gasteiger partial charge is 0.425 e. The van der Waals surface area contributed by atoms with Gasteiger partial charge < -0.3 is 9.73 Å². The molecular formula is C16H23N3O. The first-order valence-corrected chi connectivity index (χ1v) is 7.28. The molecular weight excluding hydrogens is 250 g/mol. The van der Waals surface area contributed by atoms with Gasteiger partial charge in [-0.1, -0.05) is 50.6 Å². The van der Waals surface area contributed by atoms with Crippen LogP contribution in [0.3, 0.4) is 0 Å². The van der Waals surface area contributed by atoms with Gasteiger partial charge in [-0.2, -0.15) is 0 Å². The molecule has 0 aliphatic carbocycles. The molecule has 1 heterocycles. The summed E-state index contributed by atoms with van der Waals surface area (Å²) in [5.41, 5.74) is 1.24. The van der Waals surface area contributed by atoms with Crippen molar-refractivity contribution in [3.63, 3.8) is 0 Å². The van der Waals surface area contributed by atoms with Crippen molar-refractivity contribution in [3.8, 4) is 0 Å². The van der Waals surface area contributed by atoms with Crippen molar-refractivity contribution in [3.05, 3.63) is 47.7 Å². The summed E-state index contributed by atoms with van der Waals surface area (Å²) in [5, 5.41) is 11.5. The Hall–Kier alpha value is -1.68. The standard InChI is InChI=1S/C16H23N3O/c1-4-12(2)15(13-8-6-5-7-9-13)16-19-18-14(20-16)10-11-17-3/h5-9,12,15,17H,4,10-11H2,1-3H3. The van der Waals surface area contributed by atoms with Crippen LogP contribution in [0.15, 0.2) is 34.7 Å². The van der Waals surface area contributed by atoms with Crippen LogP contribution in [0.25, 0.3) is 0 Å². The van der Waals surface area contributed by atoms with E-state index in [2.05, 4.69) is 53.6 Å². The molecule has 0 fully saturated rings. The molecule has 1 N–H and O–H groups in total. The molecule has 2 rings (SSSR count). The van der Waals surface area contributed by atoms with E-state index in [1.54, 1.807) is 0 Å². The highest BCUT2D eigenvalue weighted by atomic mass is 16.4. The lowest BCUT2D eigenvalue weighted by Gasteiger charge is -2.19. The Morgan fingerprint density at radius 1 is 1.20 bits per heavy atom. The molecule has 0 amide bonds.